The standard InChI is InChI=1S/C17H12BrNO/c18-14-6-3-4-12(10-14)11-16(20)17-15-7-2-1-5-13(15)8-9-19-17/h1-10H,11H2. The largest absolute Gasteiger partial charge is 0.292 e. The summed E-state index contributed by atoms with van der Waals surface area (Å²) in [6.07, 6.45) is 2.05. The molecule has 20 heavy (non-hydrogen) atoms. The van der Waals surface area contributed by atoms with Crippen molar-refractivity contribution in [3.63, 3.8) is 0 Å². The molecule has 0 saturated heterocycles. The first-order valence-corrected chi connectivity index (χ1v) is 7.15. The lowest BCUT2D eigenvalue weighted by Gasteiger charge is -2.05. The van der Waals surface area contributed by atoms with Crippen LogP contribution in [0, 0.1) is 0 Å². The minimum absolute atomic E-state index is 0.0416. The Morgan fingerprint density at radius 2 is 1.90 bits per heavy atom. The Bertz CT molecular complexity index is 777. The summed E-state index contributed by atoms with van der Waals surface area (Å²) in [6.45, 7) is 0. The highest BCUT2D eigenvalue weighted by molar-refractivity contribution is 9.10. The number of hydrogen-bond acceptors (Lipinski definition) is 2. The summed E-state index contributed by atoms with van der Waals surface area (Å²) in [7, 11) is 0. The Morgan fingerprint density at radius 3 is 2.75 bits per heavy atom. The van der Waals surface area contributed by atoms with E-state index >= 15 is 0 Å². The van der Waals surface area contributed by atoms with Gasteiger partial charge in [-0.15, -0.1) is 0 Å². The number of Topliss-reactive ketones (excluding diaryl/α,β-unsaturated/α-hetero) is 1. The molecule has 0 radical (unpaired) electrons. The van der Waals surface area contributed by atoms with E-state index in [4.69, 9.17) is 0 Å². The van der Waals surface area contributed by atoms with Gasteiger partial charge in [-0.2, -0.15) is 0 Å². The van der Waals surface area contributed by atoms with Gasteiger partial charge in [-0.25, -0.2) is 0 Å². The highest BCUT2D eigenvalue weighted by Gasteiger charge is 2.12. The van der Waals surface area contributed by atoms with E-state index in [-0.39, 0.29) is 5.78 Å². The third kappa shape index (κ3) is 2.63. The van der Waals surface area contributed by atoms with Gasteiger partial charge in [0.05, 0.1) is 0 Å². The van der Waals surface area contributed by atoms with Crippen LogP contribution in [0.2, 0.25) is 0 Å². The highest BCUT2D eigenvalue weighted by Crippen LogP contribution is 2.19. The number of pyridine rings is 1. The minimum Gasteiger partial charge on any atom is -0.292 e. The topological polar surface area (TPSA) is 30.0 Å². The lowest BCUT2D eigenvalue weighted by atomic mass is 10.0. The van der Waals surface area contributed by atoms with Crippen molar-refractivity contribution in [2.45, 2.75) is 6.42 Å². The van der Waals surface area contributed by atoms with Crippen LogP contribution in [0.15, 0.2) is 65.3 Å². The Hall–Kier alpha value is -2.00. The lowest BCUT2D eigenvalue weighted by molar-refractivity contribution is 0.0990. The van der Waals surface area contributed by atoms with Crippen LogP contribution >= 0.6 is 15.9 Å². The van der Waals surface area contributed by atoms with Crippen molar-refractivity contribution in [2.75, 3.05) is 0 Å². The van der Waals surface area contributed by atoms with Crippen LogP contribution in [0.4, 0.5) is 0 Å². The van der Waals surface area contributed by atoms with Crippen molar-refractivity contribution in [3.05, 3.63) is 76.5 Å². The number of aromatic nitrogens is 1. The summed E-state index contributed by atoms with van der Waals surface area (Å²) in [4.78, 5) is 16.7. The van der Waals surface area contributed by atoms with Crippen LogP contribution in [0.3, 0.4) is 0 Å². The quantitative estimate of drug-likeness (QED) is 0.667. The van der Waals surface area contributed by atoms with Crippen molar-refractivity contribution in [2.24, 2.45) is 0 Å². The molecule has 0 atom stereocenters. The zero-order chi connectivity index (χ0) is 13.9. The number of hydrogen-bond donors (Lipinski definition) is 0. The molecule has 0 unspecified atom stereocenters. The number of carbonyl (C=O) groups excluding carboxylic acids is 1. The molecule has 2 nitrogen and oxygen atoms in total. The maximum atomic E-state index is 12.5. The molecular weight excluding hydrogens is 314 g/mol. The van der Waals surface area contributed by atoms with E-state index in [1.54, 1.807) is 6.20 Å². The molecular formula is C17H12BrNO. The van der Waals surface area contributed by atoms with Gasteiger partial charge in [-0.1, -0.05) is 52.3 Å². The van der Waals surface area contributed by atoms with E-state index < -0.39 is 0 Å². The maximum Gasteiger partial charge on any atom is 0.186 e. The van der Waals surface area contributed by atoms with Gasteiger partial charge in [-0.05, 0) is 29.1 Å². The van der Waals surface area contributed by atoms with Crippen LogP contribution < -0.4 is 0 Å². The highest BCUT2D eigenvalue weighted by atomic mass is 79.9. The van der Waals surface area contributed by atoms with Crippen LogP contribution in [-0.4, -0.2) is 10.8 Å². The number of nitrogens with zero attached hydrogens (tertiary/aromatic N) is 1. The summed E-state index contributed by atoms with van der Waals surface area (Å²) in [5, 5.41) is 1.95. The van der Waals surface area contributed by atoms with E-state index in [2.05, 4.69) is 20.9 Å². The molecule has 98 valence electrons. The molecule has 0 aliphatic heterocycles. The van der Waals surface area contributed by atoms with Gasteiger partial charge in [0, 0.05) is 22.5 Å². The zero-order valence-corrected chi connectivity index (χ0v) is 12.3. The van der Waals surface area contributed by atoms with Gasteiger partial charge >= 0.3 is 0 Å². The van der Waals surface area contributed by atoms with Crippen LogP contribution in [0.25, 0.3) is 10.8 Å². The number of ketones is 1. The molecule has 0 saturated carbocycles. The van der Waals surface area contributed by atoms with Gasteiger partial charge < -0.3 is 0 Å². The number of carbonyl (C=O) groups is 1. The SMILES string of the molecule is O=C(Cc1cccc(Br)c1)c1nccc2ccccc12. The second-order valence-corrected chi connectivity index (χ2v) is 5.53. The first-order valence-electron chi connectivity index (χ1n) is 6.35. The molecule has 3 aromatic rings. The number of fused-ring (bicyclic) bond motifs is 1. The van der Waals surface area contributed by atoms with Crippen molar-refractivity contribution in [1.82, 2.24) is 4.98 Å². The molecule has 0 spiro atoms. The fraction of sp³-hybridized carbons (Fsp3) is 0.0588. The monoisotopic (exact) mass is 325 g/mol. The summed E-state index contributed by atoms with van der Waals surface area (Å²) < 4.78 is 0.980. The van der Waals surface area contributed by atoms with Crippen molar-refractivity contribution < 1.29 is 4.79 Å². The summed E-state index contributed by atoms with van der Waals surface area (Å²) >= 11 is 3.42. The van der Waals surface area contributed by atoms with E-state index in [0.717, 1.165) is 20.8 Å². The second kappa shape index (κ2) is 5.55. The normalized spacial score (nSPS) is 10.7. The van der Waals surface area contributed by atoms with Crippen LogP contribution in [-0.2, 0) is 6.42 Å². The average Bonchev–Trinajstić information content (AvgIpc) is 2.46. The maximum absolute atomic E-state index is 12.5. The van der Waals surface area contributed by atoms with Crippen LogP contribution in [0.1, 0.15) is 16.1 Å². The molecule has 1 aromatic heterocycles. The first kappa shape index (κ1) is 13.0. The Morgan fingerprint density at radius 1 is 1.05 bits per heavy atom. The first-order chi connectivity index (χ1) is 9.74. The Kier molecular flexibility index (Phi) is 3.61. The molecule has 0 aliphatic rings. The van der Waals surface area contributed by atoms with E-state index in [1.807, 2.05) is 54.6 Å². The molecule has 0 amide bonds. The smallest absolute Gasteiger partial charge is 0.186 e. The van der Waals surface area contributed by atoms with Crippen molar-refractivity contribution in [3.8, 4) is 0 Å². The molecule has 0 aliphatic carbocycles. The Balaban J connectivity index is 1.97. The predicted molar refractivity (Wildman–Crippen MR) is 83.9 cm³/mol. The van der Waals surface area contributed by atoms with Gasteiger partial charge in [0.2, 0.25) is 0 Å². The lowest BCUT2D eigenvalue weighted by Crippen LogP contribution is -2.06. The summed E-state index contributed by atoms with van der Waals surface area (Å²) in [5.74, 6) is 0.0416. The summed E-state index contributed by atoms with van der Waals surface area (Å²) in [5.41, 5.74) is 1.53. The van der Waals surface area contributed by atoms with Crippen molar-refractivity contribution in [1.29, 1.82) is 0 Å². The van der Waals surface area contributed by atoms with Crippen molar-refractivity contribution >= 4 is 32.5 Å². The molecule has 3 heteroatoms. The van der Waals surface area contributed by atoms with Gasteiger partial charge in [0.15, 0.2) is 5.78 Å². The minimum atomic E-state index is 0.0416. The third-order valence-corrected chi connectivity index (χ3v) is 3.68. The molecule has 2 aromatic carbocycles. The predicted octanol–water partition coefficient (Wildman–Crippen LogP) is 4.42. The van der Waals surface area contributed by atoms with Gasteiger partial charge in [0.1, 0.15) is 5.69 Å². The molecule has 0 fully saturated rings. The van der Waals surface area contributed by atoms with E-state index in [0.29, 0.717) is 12.1 Å². The van der Waals surface area contributed by atoms with Gasteiger partial charge in [0.25, 0.3) is 0 Å². The Labute approximate surface area is 125 Å². The zero-order valence-electron chi connectivity index (χ0n) is 10.7. The molecule has 0 bridgehead atoms. The van der Waals surface area contributed by atoms with E-state index in [9.17, 15) is 4.79 Å². The van der Waals surface area contributed by atoms with E-state index in [1.165, 1.54) is 0 Å². The fourth-order valence-corrected chi connectivity index (χ4v) is 2.70. The third-order valence-electron chi connectivity index (χ3n) is 3.19. The summed E-state index contributed by atoms with van der Waals surface area (Å²) in [6, 6.07) is 17.5. The number of rotatable bonds is 3. The average molecular weight is 326 g/mol. The second-order valence-electron chi connectivity index (χ2n) is 4.61. The van der Waals surface area contributed by atoms with Crippen LogP contribution in [0.5, 0.6) is 0 Å². The number of benzene rings is 2. The molecule has 0 N–H and O–H groups in total. The molecule has 1 heterocycles. The number of halogens is 1. The molecule has 3 rings (SSSR count). The fourth-order valence-electron chi connectivity index (χ4n) is 2.26. The van der Waals surface area contributed by atoms with Gasteiger partial charge in [-0.3, -0.25) is 9.78 Å².